The van der Waals surface area contributed by atoms with Crippen molar-refractivity contribution in [1.29, 1.82) is 0 Å². The SMILES string of the molecule is CCCCCC(=O)N(CCC)Cc1cccn1Cc1cccc(F)c1. The number of carbonyl (C=O) groups excluding carboxylic acids is 1. The summed E-state index contributed by atoms with van der Waals surface area (Å²) in [4.78, 5) is 14.5. The Morgan fingerprint density at radius 1 is 1.12 bits per heavy atom. The molecule has 0 bridgehead atoms. The van der Waals surface area contributed by atoms with Crippen LogP contribution in [0.25, 0.3) is 0 Å². The molecule has 0 saturated carbocycles. The number of hydrogen-bond donors (Lipinski definition) is 0. The summed E-state index contributed by atoms with van der Waals surface area (Å²) in [7, 11) is 0. The van der Waals surface area contributed by atoms with Gasteiger partial charge >= 0.3 is 0 Å². The number of carbonyl (C=O) groups is 1. The first-order valence-electron chi connectivity index (χ1n) is 9.30. The van der Waals surface area contributed by atoms with Crippen molar-refractivity contribution in [3.05, 3.63) is 59.7 Å². The van der Waals surface area contributed by atoms with E-state index in [2.05, 4.69) is 18.4 Å². The molecule has 0 aliphatic carbocycles. The van der Waals surface area contributed by atoms with Crippen molar-refractivity contribution in [3.8, 4) is 0 Å². The van der Waals surface area contributed by atoms with E-state index in [0.29, 0.717) is 19.5 Å². The largest absolute Gasteiger partial charge is 0.345 e. The van der Waals surface area contributed by atoms with Crippen molar-refractivity contribution >= 4 is 5.91 Å². The smallest absolute Gasteiger partial charge is 0.222 e. The van der Waals surface area contributed by atoms with Crippen molar-refractivity contribution in [2.45, 2.75) is 59.0 Å². The summed E-state index contributed by atoms with van der Waals surface area (Å²) >= 11 is 0. The predicted octanol–water partition coefficient (Wildman–Crippen LogP) is 4.99. The second-order valence-corrected chi connectivity index (χ2v) is 6.53. The van der Waals surface area contributed by atoms with Crippen LogP contribution in [0.3, 0.4) is 0 Å². The highest BCUT2D eigenvalue weighted by Crippen LogP contribution is 2.13. The molecule has 0 atom stereocenters. The number of hydrogen-bond acceptors (Lipinski definition) is 1. The minimum absolute atomic E-state index is 0.218. The molecule has 4 heteroatoms. The lowest BCUT2D eigenvalue weighted by atomic mass is 10.2. The zero-order chi connectivity index (χ0) is 18.1. The first kappa shape index (κ1) is 19.2. The van der Waals surface area contributed by atoms with E-state index in [4.69, 9.17) is 0 Å². The number of amides is 1. The summed E-state index contributed by atoms with van der Waals surface area (Å²) in [6.07, 6.45) is 6.74. The summed E-state index contributed by atoms with van der Waals surface area (Å²) in [5, 5.41) is 0. The van der Waals surface area contributed by atoms with Gasteiger partial charge in [0.1, 0.15) is 5.82 Å². The normalized spacial score (nSPS) is 10.8. The van der Waals surface area contributed by atoms with E-state index in [0.717, 1.165) is 43.5 Å². The number of aromatic nitrogens is 1. The molecule has 136 valence electrons. The molecular formula is C21H29FN2O. The van der Waals surface area contributed by atoms with Gasteiger partial charge < -0.3 is 9.47 Å². The lowest BCUT2D eigenvalue weighted by Gasteiger charge is -2.23. The Morgan fingerprint density at radius 3 is 2.68 bits per heavy atom. The second kappa shape index (κ2) is 10.0. The zero-order valence-corrected chi connectivity index (χ0v) is 15.4. The molecule has 2 aromatic rings. The van der Waals surface area contributed by atoms with Gasteiger partial charge in [0.15, 0.2) is 0 Å². The van der Waals surface area contributed by atoms with Crippen molar-refractivity contribution in [3.63, 3.8) is 0 Å². The van der Waals surface area contributed by atoms with Crippen LogP contribution in [0.15, 0.2) is 42.6 Å². The molecule has 3 nitrogen and oxygen atoms in total. The molecule has 2 rings (SSSR count). The van der Waals surface area contributed by atoms with Crippen LogP contribution in [0.2, 0.25) is 0 Å². The average Bonchev–Trinajstić information content (AvgIpc) is 3.01. The van der Waals surface area contributed by atoms with Crippen LogP contribution in [0.1, 0.15) is 57.2 Å². The Hall–Kier alpha value is -2.10. The van der Waals surface area contributed by atoms with Gasteiger partial charge in [-0.05, 0) is 42.7 Å². The summed E-state index contributed by atoms with van der Waals surface area (Å²) < 4.78 is 15.5. The quantitative estimate of drug-likeness (QED) is 0.557. The molecule has 0 spiro atoms. The summed E-state index contributed by atoms with van der Waals surface area (Å²) in [5.74, 6) is 0.0127. The van der Waals surface area contributed by atoms with Gasteiger partial charge in [0.25, 0.3) is 0 Å². The lowest BCUT2D eigenvalue weighted by molar-refractivity contribution is -0.132. The Kier molecular flexibility index (Phi) is 7.71. The zero-order valence-electron chi connectivity index (χ0n) is 15.4. The van der Waals surface area contributed by atoms with Crippen LogP contribution in [0.4, 0.5) is 4.39 Å². The molecule has 1 aromatic heterocycles. The maximum Gasteiger partial charge on any atom is 0.222 e. The topological polar surface area (TPSA) is 25.2 Å². The van der Waals surface area contributed by atoms with Crippen LogP contribution < -0.4 is 0 Å². The van der Waals surface area contributed by atoms with Crippen molar-refractivity contribution in [2.75, 3.05) is 6.54 Å². The van der Waals surface area contributed by atoms with Crippen molar-refractivity contribution < 1.29 is 9.18 Å². The van der Waals surface area contributed by atoms with Crippen molar-refractivity contribution in [1.82, 2.24) is 9.47 Å². The van der Waals surface area contributed by atoms with E-state index >= 15 is 0 Å². The van der Waals surface area contributed by atoms with Gasteiger partial charge in [-0.1, -0.05) is 38.8 Å². The minimum atomic E-state index is -0.218. The van der Waals surface area contributed by atoms with Gasteiger partial charge in [0, 0.05) is 31.4 Å². The third-order valence-corrected chi connectivity index (χ3v) is 4.36. The first-order valence-corrected chi connectivity index (χ1v) is 9.30. The number of unbranched alkanes of at least 4 members (excludes halogenated alkanes) is 2. The van der Waals surface area contributed by atoms with E-state index in [1.807, 2.05) is 29.3 Å². The third kappa shape index (κ3) is 6.04. The van der Waals surface area contributed by atoms with Gasteiger partial charge in [0.2, 0.25) is 5.91 Å². The molecular weight excluding hydrogens is 315 g/mol. The Morgan fingerprint density at radius 2 is 1.96 bits per heavy atom. The van der Waals surface area contributed by atoms with Crippen LogP contribution >= 0.6 is 0 Å². The molecule has 0 fully saturated rings. The summed E-state index contributed by atoms with van der Waals surface area (Å²) in [5.41, 5.74) is 2.01. The molecule has 0 saturated heterocycles. The van der Waals surface area contributed by atoms with Crippen LogP contribution in [-0.4, -0.2) is 21.9 Å². The van der Waals surface area contributed by atoms with Gasteiger partial charge in [-0.2, -0.15) is 0 Å². The highest BCUT2D eigenvalue weighted by Gasteiger charge is 2.14. The Bertz CT molecular complexity index is 665. The number of nitrogens with zero attached hydrogens (tertiary/aromatic N) is 2. The van der Waals surface area contributed by atoms with Crippen LogP contribution in [0.5, 0.6) is 0 Å². The highest BCUT2D eigenvalue weighted by atomic mass is 19.1. The van der Waals surface area contributed by atoms with Gasteiger partial charge in [-0.3, -0.25) is 4.79 Å². The van der Waals surface area contributed by atoms with E-state index in [9.17, 15) is 9.18 Å². The van der Waals surface area contributed by atoms with Crippen molar-refractivity contribution in [2.24, 2.45) is 0 Å². The maximum absolute atomic E-state index is 13.4. The Balaban J connectivity index is 2.04. The van der Waals surface area contributed by atoms with E-state index in [1.54, 1.807) is 12.1 Å². The summed E-state index contributed by atoms with van der Waals surface area (Å²) in [6, 6.07) is 10.7. The fourth-order valence-corrected chi connectivity index (χ4v) is 3.02. The Labute approximate surface area is 150 Å². The molecule has 0 N–H and O–H groups in total. The van der Waals surface area contributed by atoms with E-state index < -0.39 is 0 Å². The molecule has 0 aliphatic rings. The van der Waals surface area contributed by atoms with Gasteiger partial charge in [0.05, 0.1) is 6.54 Å². The fraction of sp³-hybridized carbons (Fsp3) is 0.476. The molecule has 0 aliphatic heterocycles. The lowest BCUT2D eigenvalue weighted by Crippen LogP contribution is -2.32. The second-order valence-electron chi connectivity index (χ2n) is 6.53. The molecule has 0 unspecified atom stereocenters. The van der Waals surface area contributed by atoms with Gasteiger partial charge in [-0.25, -0.2) is 4.39 Å². The molecule has 0 radical (unpaired) electrons. The fourth-order valence-electron chi connectivity index (χ4n) is 3.02. The molecule has 25 heavy (non-hydrogen) atoms. The van der Waals surface area contributed by atoms with E-state index in [1.165, 1.54) is 6.07 Å². The monoisotopic (exact) mass is 344 g/mol. The average molecular weight is 344 g/mol. The first-order chi connectivity index (χ1) is 12.1. The molecule has 1 heterocycles. The standard InChI is InChI=1S/C21H29FN2O/c1-3-5-6-12-21(25)24(13-4-2)17-20-11-8-14-23(20)16-18-9-7-10-19(22)15-18/h7-11,14-15H,3-6,12-13,16-17H2,1-2H3. The van der Waals surface area contributed by atoms with Crippen LogP contribution in [-0.2, 0) is 17.9 Å². The number of rotatable bonds is 10. The number of halogens is 1. The van der Waals surface area contributed by atoms with E-state index in [-0.39, 0.29) is 11.7 Å². The highest BCUT2D eigenvalue weighted by molar-refractivity contribution is 5.76. The van der Waals surface area contributed by atoms with Gasteiger partial charge in [-0.15, -0.1) is 0 Å². The summed E-state index contributed by atoms with van der Waals surface area (Å²) in [6.45, 7) is 6.24. The minimum Gasteiger partial charge on any atom is -0.345 e. The number of benzene rings is 1. The van der Waals surface area contributed by atoms with Crippen LogP contribution in [0, 0.1) is 5.82 Å². The third-order valence-electron chi connectivity index (χ3n) is 4.36. The predicted molar refractivity (Wildman–Crippen MR) is 99.8 cm³/mol. The maximum atomic E-state index is 13.4. The molecule has 1 amide bonds. The molecule has 1 aromatic carbocycles.